The van der Waals surface area contributed by atoms with Gasteiger partial charge < -0.3 is 0 Å². The molecule has 0 saturated carbocycles. The summed E-state index contributed by atoms with van der Waals surface area (Å²) >= 11 is -2.37. The van der Waals surface area contributed by atoms with Crippen LogP contribution in [0.4, 0.5) is 0 Å². The molecule has 0 heterocycles. The van der Waals surface area contributed by atoms with Crippen LogP contribution in [0.1, 0.15) is 35.0 Å². The first kappa shape index (κ1) is 27.1. The summed E-state index contributed by atoms with van der Waals surface area (Å²) in [6.07, 6.45) is 3.65. The molecule has 4 heteroatoms. The Morgan fingerprint density at radius 2 is 1.06 bits per heavy atom. The zero-order chi connectivity index (χ0) is 23.1. The molecular weight excluding hydrogens is 575 g/mol. The molecule has 0 nitrogen and oxygen atoms in total. The van der Waals surface area contributed by atoms with Crippen molar-refractivity contribution < 1.29 is 20.4 Å². The number of hydrogen-bond donors (Lipinski definition) is 0. The van der Waals surface area contributed by atoms with Crippen LogP contribution in [0.5, 0.6) is 0 Å². The van der Waals surface area contributed by atoms with Gasteiger partial charge >= 0.3 is 212 Å². The molecule has 6 rings (SSSR count). The molecule has 0 bridgehead atoms. The van der Waals surface area contributed by atoms with Crippen molar-refractivity contribution in [1.82, 2.24) is 0 Å². The average Bonchev–Trinajstić information content (AvgIpc) is 3.40. The normalized spacial score (nSPS) is 13.8. The summed E-state index contributed by atoms with van der Waals surface area (Å²) in [6, 6.07) is 41.5. The Hall–Kier alpha value is -1.96. The number of allylic oxidation sites excluding steroid dienone is 4. The van der Waals surface area contributed by atoms with E-state index in [0.717, 1.165) is 6.42 Å². The van der Waals surface area contributed by atoms with Crippen molar-refractivity contribution in [3.63, 3.8) is 0 Å². The zero-order valence-corrected chi connectivity index (χ0v) is 25.7. The SMILES string of the molecule is CC1=CC[C]([Zr]([CH]2c3ccccc3-c3ccccc32)=[Si](c2ccccc2)c2ccccc2)=C1C.Cl.Cl. The summed E-state index contributed by atoms with van der Waals surface area (Å²) in [5.74, 6) is 0. The van der Waals surface area contributed by atoms with Gasteiger partial charge in [-0.3, -0.25) is 0 Å². The molecule has 0 unspecified atom stereocenters. The Morgan fingerprint density at radius 3 is 1.50 bits per heavy atom. The Bertz CT molecular complexity index is 1400. The molecule has 4 aromatic carbocycles. The topological polar surface area (TPSA) is 0 Å². The van der Waals surface area contributed by atoms with Crippen molar-refractivity contribution in [2.24, 2.45) is 0 Å². The maximum Gasteiger partial charge on any atom is -0.147 e. The van der Waals surface area contributed by atoms with E-state index in [1.165, 1.54) is 16.7 Å². The second-order valence-electron chi connectivity index (χ2n) is 9.32. The van der Waals surface area contributed by atoms with E-state index in [0.29, 0.717) is 3.63 Å². The van der Waals surface area contributed by atoms with Gasteiger partial charge in [-0.1, -0.05) is 0 Å². The van der Waals surface area contributed by atoms with Crippen LogP contribution >= 0.6 is 24.8 Å². The van der Waals surface area contributed by atoms with E-state index in [2.05, 4.69) is 129 Å². The fraction of sp³-hybridized carbons (Fsp3) is 0.125. The second-order valence-corrected chi connectivity index (χ2v) is 23.0. The van der Waals surface area contributed by atoms with Crippen LogP contribution in [0.3, 0.4) is 0 Å². The molecule has 0 aromatic heterocycles. The summed E-state index contributed by atoms with van der Waals surface area (Å²) in [6.45, 7) is 4.72. The number of rotatable bonds is 4. The van der Waals surface area contributed by atoms with E-state index in [9.17, 15) is 0 Å². The number of halogens is 2. The van der Waals surface area contributed by atoms with Crippen molar-refractivity contribution in [2.45, 2.75) is 23.9 Å². The minimum atomic E-state index is -2.37. The minimum Gasteiger partial charge on any atom is -0.147 e. The van der Waals surface area contributed by atoms with Crippen LogP contribution in [0, 0.1) is 0 Å². The predicted octanol–water partition coefficient (Wildman–Crippen LogP) is 7.65. The van der Waals surface area contributed by atoms with Crippen LogP contribution in [0.25, 0.3) is 11.1 Å². The van der Waals surface area contributed by atoms with Crippen molar-refractivity contribution in [3.8, 4) is 11.1 Å². The molecule has 0 N–H and O–H groups in total. The van der Waals surface area contributed by atoms with Gasteiger partial charge in [0.2, 0.25) is 0 Å². The molecule has 2 aliphatic carbocycles. The van der Waals surface area contributed by atoms with Crippen molar-refractivity contribution >= 4 is 40.6 Å². The Labute approximate surface area is 235 Å². The number of benzene rings is 4. The third-order valence-corrected chi connectivity index (χ3v) is 27.6. The quantitative estimate of drug-likeness (QED) is 0.210. The van der Waals surface area contributed by atoms with Gasteiger partial charge in [0.1, 0.15) is 0 Å². The maximum absolute atomic E-state index is 2.49. The summed E-state index contributed by atoms with van der Waals surface area (Å²) in [5.41, 5.74) is 8.23. The molecule has 0 radical (unpaired) electrons. The zero-order valence-electron chi connectivity index (χ0n) is 20.6. The first-order valence-corrected chi connectivity index (χ1v) is 20.0. The van der Waals surface area contributed by atoms with Gasteiger partial charge in [-0.05, 0) is 0 Å². The van der Waals surface area contributed by atoms with E-state index in [-0.39, 0.29) is 24.8 Å². The van der Waals surface area contributed by atoms with Crippen molar-refractivity contribution in [3.05, 3.63) is 141 Å². The largest absolute Gasteiger partial charge is 0.147 e. The van der Waals surface area contributed by atoms with E-state index in [4.69, 9.17) is 0 Å². The number of fused-ring (bicyclic) bond motifs is 3. The molecule has 36 heavy (non-hydrogen) atoms. The van der Waals surface area contributed by atoms with Gasteiger partial charge in [0.25, 0.3) is 0 Å². The molecule has 0 aliphatic heterocycles. The Morgan fingerprint density at radius 1 is 0.611 bits per heavy atom. The van der Waals surface area contributed by atoms with E-state index in [1.54, 1.807) is 27.1 Å². The minimum absolute atomic E-state index is 0. The fourth-order valence-electron chi connectivity index (χ4n) is 5.73. The smallest absolute Gasteiger partial charge is 0.147 e. The maximum atomic E-state index is 2.49. The Kier molecular flexibility index (Phi) is 8.74. The van der Waals surface area contributed by atoms with E-state index >= 15 is 0 Å². The van der Waals surface area contributed by atoms with Crippen molar-refractivity contribution in [1.29, 1.82) is 0 Å². The van der Waals surface area contributed by atoms with Crippen LogP contribution in [0.2, 0.25) is 0 Å². The third kappa shape index (κ3) is 4.70. The molecule has 4 aromatic rings. The summed E-state index contributed by atoms with van der Waals surface area (Å²) in [4.78, 5) is 0. The van der Waals surface area contributed by atoms with Crippen LogP contribution in [0.15, 0.2) is 130 Å². The molecule has 0 fully saturated rings. The van der Waals surface area contributed by atoms with Crippen LogP contribution < -0.4 is 10.4 Å². The van der Waals surface area contributed by atoms with E-state index in [1.807, 2.05) is 3.28 Å². The van der Waals surface area contributed by atoms with Gasteiger partial charge in [-0.15, -0.1) is 24.8 Å². The molecule has 0 atom stereocenters. The summed E-state index contributed by atoms with van der Waals surface area (Å²) < 4.78 is 2.39. The van der Waals surface area contributed by atoms with Gasteiger partial charge in [0.05, 0.1) is 0 Å². The van der Waals surface area contributed by atoms with Gasteiger partial charge in [0, 0.05) is 0 Å². The summed E-state index contributed by atoms with van der Waals surface area (Å²) in [5, 5.41) is 3.17. The van der Waals surface area contributed by atoms with Crippen LogP contribution in [-0.4, -0.2) is 5.43 Å². The standard InChI is InChI=1S/C13H9.C12H10Si.C7H9.2ClH.Zr/c1-3-7-12-10(5-1)9-11-6-2-4-8-13(11)12;1-3-7-11(8-4-1)13-12-9-5-2-6-10-12;1-6-4-3-5-7(6)2;;;/h1-9H;1-10H;4H,3H2,1-2H3;2*1H;. The summed E-state index contributed by atoms with van der Waals surface area (Å²) in [7, 11) is 0. The second kappa shape index (κ2) is 11.6. The van der Waals surface area contributed by atoms with Gasteiger partial charge in [0.15, 0.2) is 0 Å². The first-order chi connectivity index (χ1) is 16.7. The average molecular weight is 605 g/mol. The third-order valence-electron chi connectivity index (χ3n) is 7.50. The Balaban J connectivity index is 0.00000152. The monoisotopic (exact) mass is 602 g/mol. The molecule has 180 valence electrons. The van der Waals surface area contributed by atoms with Crippen molar-refractivity contribution in [2.75, 3.05) is 0 Å². The van der Waals surface area contributed by atoms with E-state index < -0.39 is 25.8 Å². The molecule has 0 spiro atoms. The predicted molar refractivity (Wildman–Crippen MR) is 157 cm³/mol. The molecule has 0 saturated heterocycles. The van der Waals surface area contributed by atoms with Gasteiger partial charge in [-0.25, -0.2) is 0 Å². The first-order valence-electron chi connectivity index (χ1n) is 12.1. The molecule has 0 amide bonds. The van der Waals surface area contributed by atoms with Crippen LogP contribution in [-0.2, 0) is 20.4 Å². The number of hydrogen-bond acceptors (Lipinski definition) is 0. The van der Waals surface area contributed by atoms with Gasteiger partial charge in [-0.2, -0.15) is 0 Å². The molecule has 2 aliphatic rings. The fourth-order valence-corrected chi connectivity index (χ4v) is 29.2. The molecular formula is C32H30Cl2SiZr.